The van der Waals surface area contributed by atoms with Gasteiger partial charge in [0.15, 0.2) is 6.29 Å². The first-order valence-electron chi connectivity index (χ1n) is 5.89. The molecule has 0 N–H and O–H groups in total. The van der Waals surface area contributed by atoms with E-state index in [4.69, 9.17) is 21.6 Å². The number of halogens is 4. The third-order valence-electron chi connectivity index (χ3n) is 2.75. The molecule has 0 spiro atoms. The van der Waals surface area contributed by atoms with Crippen LogP contribution in [0.5, 0.6) is 11.5 Å². The number of hydrogen-bond acceptors (Lipinski definition) is 3. The maximum Gasteiger partial charge on any atom is 0.417 e. The first kappa shape index (κ1) is 15.9. The van der Waals surface area contributed by atoms with Gasteiger partial charge < -0.3 is 4.74 Å². The molecule has 0 fully saturated rings. The predicted octanol–water partition coefficient (Wildman–Crippen LogP) is 4.84. The molecule has 0 radical (unpaired) electrons. The average molecular weight is 326 g/mol. The third-order valence-corrected chi connectivity index (χ3v) is 3.08. The van der Waals surface area contributed by atoms with Crippen LogP contribution in [-0.4, -0.2) is 6.29 Å². The van der Waals surface area contributed by atoms with Crippen molar-refractivity contribution < 1.29 is 22.7 Å². The van der Waals surface area contributed by atoms with E-state index in [2.05, 4.69) is 0 Å². The van der Waals surface area contributed by atoms with E-state index < -0.39 is 16.8 Å². The second-order valence-electron chi connectivity index (χ2n) is 4.22. The van der Waals surface area contributed by atoms with Crippen LogP contribution in [0.4, 0.5) is 13.2 Å². The Morgan fingerprint density at radius 2 is 1.77 bits per heavy atom. The molecule has 0 aromatic heterocycles. The molecule has 112 valence electrons. The van der Waals surface area contributed by atoms with Crippen molar-refractivity contribution >= 4 is 17.9 Å². The summed E-state index contributed by atoms with van der Waals surface area (Å²) in [6.07, 6.45) is -4.10. The number of hydrogen-bond donors (Lipinski definition) is 0. The Hall–Kier alpha value is -2.52. The molecule has 7 heteroatoms. The van der Waals surface area contributed by atoms with E-state index in [1.54, 1.807) is 6.07 Å². The smallest absolute Gasteiger partial charge is 0.417 e. The molecule has 0 aliphatic rings. The number of aldehydes is 1. The van der Waals surface area contributed by atoms with E-state index in [1.165, 1.54) is 24.3 Å². The van der Waals surface area contributed by atoms with Crippen LogP contribution in [0.25, 0.3) is 0 Å². The molecular weight excluding hydrogens is 319 g/mol. The van der Waals surface area contributed by atoms with Crippen LogP contribution in [-0.2, 0) is 6.18 Å². The number of alkyl halides is 3. The molecule has 0 saturated carbocycles. The molecule has 0 aliphatic carbocycles. The summed E-state index contributed by atoms with van der Waals surface area (Å²) in [6, 6.07) is 8.92. The van der Waals surface area contributed by atoms with Crippen molar-refractivity contribution in [1.29, 1.82) is 5.26 Å². The van der Waals surface area contributed by atoms with Gasteiger partial charge in [0.05, 0.1) is 16.1 Å². The normalized spacial score (nSPS) is 10.9. The highest BCUT2D eigenvalue weighted by Crippen LogP contribution is 2.37. The van der Waals surface area contributed by atoms with Gasteiger partial charge in [-0.2, -0.15) is 18.4 Å². The van der Waals surface area contributed by atoms with Crippen molar-refractivity contribution in [1.82, 2.24) is 0 Å². The summed E-state index contributed by atoms with van der Waals surface area (Å²) >= 11 is 5.51. The Morgan fingerprint density at radius 3 is 2.36 bits per heavy atom. The minimum Gasteiger partial charge on any atom is -0.457 e. The molecule has 2 aromatic carbocycles. The van der Waals surface area contributed by atoms with Gasteiger partial charge >= 0.3 is 6.18 Å². The topological polar surface area (TPSA) is 50.1 Å². The van der Waals surface area contributed by atoms with Crippen LogP contribution in [0, 0.1) is 11.3 Å². The Labute approximate surface area is 128 Å². The summed E-state index contributed by atoms with van der Waals surface area (Å²) in [7, 11) is 0. The first-order chi connectivity index (χ1) is 10.3. The average Bonchev–Trinajstić information content (AvgIpc) is 2.48. The Balaban J connectivity index is 2.36. The standard InChI is InChI=1S/C15H7ClF3NO2/c16-14-4-3-12(6-13(14)15(17,18)19)22-11-2-1-9(8-21)10(5-11)7-20/h1-6,8H. The van der Waals surface area contributed by atoms with E-state index in [0.717, 1.165) is 12.1 Å². The van der Waals surface area contributed by atoms with Crippen LogP contribution in [0.1, 0.15) is 21.5 Å². The Morgan fingerprint density at radius 1 is 1.14 bits per heavy atom. The lowest BCUT2D eigenvalue weighted by molar-refractivity contribution is -0.137. The Kier molecular flexibility index (Phi) is 4.38. The van der Waals surface area contributed by atoms with E-state index in [0.29, 0.717) is 6.29 Å². The van der Waals surface area contributed by atoms with Crippen LogP contribution in [0.15, 0.2) is 36.4 Å². The minimum atomic E-state index is -4.60. The van der Waals surface area contributed by atoms with Crippen molar-refractivity contribution in [3.63, 3.8) is 0 Å². The summed E-state index contributed by atoms with van der Waals surface area (Å²) in [4.78, 5) is 10.7. The molecule has 0 unspecified atom stereocenters. The van der Waals surface area contributed by atoms with E-state index in [9.17, 15) is 18.0 Å². The molecule has 0 aliphatic heterocycles. The van der Waals surface area contributed by atoms with Crippen molar-refractivity contribution in [2.75, 3.05) is 0 Å². The van der Waals surface area contributed by atoms with Gasteiger partial charge in [-0.15, -0.1) is 0 Å². The van der Waals surface area contributed by atoms with Crippen molar-refractivity contribution in [3.8, 4) is 17.6 Å². The van der Waals surface area contributed by atoms with Crippen LogP contribution in [0.2, 0.25) is 5.02 Å². The lowest BCUT2D eigenvalue weighted by Gasteiger charge is -2.12. The second-order valence-corrected chi connectivity index (χ2v) is 4.63. The fourth-order valence-corrected chi connectivity index (χ4v) is 1.94. The lowest BCUT2D eigenvalue weighted by Crippen LogP contribution is -2.05. The first-order valence-corrected chi connectivity index (χ1v) is 6.27. The number of nitrogens with zero attached hydrogens (tertiary/aromatic N) is 1. The van der Waals surface area contributed by atoms with Gasteiger partial charge in [0.2, 0.25) is 0 Å². The van der Waals surface area contributed by atoms with Gasteiger partial charge in [0.1, 0.15) is 17.6 Å². The summed E-state index contributed by atoms with van der Waals surface area (Å²) in [5.41, 5.74) is -0.781. The van der Waals surface area contributed by atoms with Crippen LogP contribution < -0.4 is 4.74 Å². The highest BCUT2D eigenvalue weighted by atomic mass is 35.5. The summed E-state index contributed by atoms with van der Waals surface area (Å²) in [5.74, 6) is 0.0528. The van der Waals surface area contributed by atoms with E-state index in [1.807, 2.05) is 0 Å². The quantitative estimate of drug-likeness (QED) is 0.759. The van der Waals surface area contributed by atoms with E-state index in [-0.39, 0.29) is 22.6 Å². The number of carbonyl (C=O) groups is 1. The molecule has 0 saturated heterocycles. The highest BCUT2D eigenvalue weighted by molar-refractivity contribution is 6.31. The summed E-state index contributed by atoms with van der Waals surface area (Å²) in [5, 5.41) is 8.46. The lowest BCUT2D eigenvalue weighted by atomic mass is 10.1. The number of carbonyl (C=O) groups excluding carboxylic acids is 1. The predicted molar refractivity (Wildman–Crippen MR) is 73.1 cm³/mol. The molecule has 2 aromatic rings. The van der Waals surface area contributed by atoms with Crippen molar-refractivity contribution in [2.45, 2.75) is 6.18 Å². The summed E-state index contributed by atoms with van der Waals surface area (Å²) in [6.45, 7) is 0. The van der Waals surface area contributed by atoms with E-state index >= 15 is 0 Å². The van der Waals surface area contributed by atoms with Crippen LogP contribution in [0.3, 0.4) is 0 Å². The molecule has 0 atom stereocenters. The molecule has 0 amide bonds. The monoisotopic (exact) mass is 325 g/mol. The number of rotatable bonds is 3. The van der Waals surface area contributed by atoms with Gasteiger partial charge in [0.25, 0.3) is 0 Å². The molecule has 0 heterocycles. The number of ether oxygens (including phenoxy) is 1. The maximum absolute atomic E-state index is 12.8. The van der Waals surface area contributed by atoms with Gasteiger partial charge in [-0.25, -0.2) is 0 Å². The van der Waals surface area contributed by atoms with Gasteiger partial charge in [-0.05, 0) is 36.4 Å². The fourth-order valence-electron chi connectivity index (χ4n) is 1.72. The number of benzene rings is 2. The molecule has 2 rings (SSSR count). The van der Waals surface area contributed by atoms with Gasteiger partial charge in [0, 0.05) is 5.56 Å². The molecule has 0 bridgehead atoms. The van der Waals surface area contributed by atoms with Crippen molar-refractivity contribution in [2.24, 2.45) is 0 Å². The van der Waals surface area contributed by atoms with Crippen molar-refractivity contribution in [3.05, 3.63) is 58.1 Å². The van der Waals surface area contributed by atoms with Gasteiger partial charge in [-0.3, -0.25) is 4.79 Å². The van der Waals surface area contributed by atoms with Crippen LogP contribution >= 0.6 is 11.6 Å². The maximum atomic E-state index is 12.8. The largest absolute Gasteiger partial charge is 0.457 e. The Bertz CT molecular complexity index is 766. The highest BCUT2D eigenvalue weighted by Gasteiger charge is 2.33. The fraction of sp³-hybridized carbons (Fsp3) is 0.0667. The molecular formula is C15H7ClF3NO2. The van der Waals surface area contributed by atoms with Gasteiger partial charge in [-0.1, -0.05) is 11.6 Å². The number of nitriles is 1. The summed E-state index contributed by atoms with van der Waals surface area (Å²) < 4.78 is 43.6. The minimum absolute atomic E-state index is 0.0671. The second kappa shape index (κ2) is 6.08. The zero-order valence-electron chi connectivity index (χ0n) is 10.8. The molecule has 3 nitrogen and oxygen atoms in total. The zero-order chi connectivity index (χ0) is 16.3. The third kappa shape index (κ3) is 3.38. The SMILES string of the molecule is N#Cc1cc(Oc2ccc(Cl)c(C(F)(F)F)c2)ccc1C=O. The molecule has 22 heavy (non-hydrogen) atoms. The zero-order valence-corrected chi connectivity index (χ0v) is 11.6.